The van der Waals surface area contributed by atoms with Crippen LogP contribution in [0, 0.1) is 12.8 Å². The normalized spacial score (nSPS) is 17.6. The topological polar surface area (TPSA) is 121 Å². The van der Waals surface area contributed by atoms with Crippen molar-refractivity contribution in [2.75, 3.05) is 45.0 Å². The Kier molecular flexibility index (Phi) is 11.2. The van der Waals surface area contributed by atoms with Crippen molar-refractivity contribution in [1.29, 1.82) is 0 Å². The van der Waals surface area contributed by atoms with Gasteiger partial charge in [-0.05, 0) is 79.9 Å². The first kappa shape index (κ1) is 34.5. The summed E-state index contributed by atoms with van der Waals surface area (Å²) in [7, 11) is 0. The van der Waals surface area contributed by atoms with E-state index in [1.807, 2.05) is 73.8 Å². The Morgan fingerprint density at radius 2 is 1.80 bits per heavy atom. The number of benzene rings is 3. The van der Waals surface area contributed by atoms with Crippen LogP contribution < -0.4 is 5.32 Å². The minimum Gasteiger partial charge on any atom is -0.459 e. The SMILES string of the molecule is CCO[C@H]1OC(C(=O)Nc2ccc(-c3nc4ccc(C)cc4s3)cc2)=C[C@@H](c2cn(C(C)=O)c3ccccc23)[C@H]1CCOCCOCCO. The molecule has 0 radical (unpaired) electrons. The summed E-state index contributed by atoms with van der Waals surface area (Å²) in [6.45, 7) is 7.24. The largest absolute Gasteiger partial charge is 0.459 e. The van der Waals surface area contributed by atoms with E-state index in [1.54, 1.807) is 15.9 Å². The third kappa shape index (κ3) is 7.92. The molecule has 1 aliphatic heterocycles. The number of aromatic nitrogens is 2. The predicted octanol–water partition coefficient (Wildman–Crippen LogP) is 6.92. The number of amides is 1. The van der Waals surface area contributed by atoms with Crippen LogP contribution >= 0.6 is 11.3 Å². The van der Waals surface area contributed by atoms with Crippen molar-refractivity contribution < 1.29 is 33.6 Å². The zero-order chi connectivity index (χ0) is 34.3. The van der Waals surface area contributed by atoms with Gasteiger partial charge in [0.05, 0.1) is 42.2 Å². The molecule has 3 heterocycles. The molecule has 0 aliphatic carbocycles. The van der Waals surface area contributed by atoms with Gasteiger partial charge in [0.2, 0.25) is 12.2 Å². The maximum atomic E-state index is 13.8. The molecule has 1 aliphatic rings. The van der Waals surface area contributed by atoms with E-state index in [2.05, 4.69) is 24.4 Å². The van der Waals surface area contributed by atoms with E-state index in [-0.39, 0.29) is 36.7 Å². The molecule has 6 rings (SSSR count). The molecule has 0 saturated carbocycles. The lowest BCUT2D eigenvalue weighted by Gasteiger charge is -2.36. The second kappa shape index (κ2) is 15.9. The average molecular weight is 684 g/mol. The van der Waals surface area contributed by atoms with E-state index in [0.29, 0.717) is 38.5 Å². The smallest absolute Gasteiger partial charge is 0.290 e. The van der Waals surface area contributed by atoms with Crippen molar-refractivity contribution in [2.45, 2.75) is 39.4 Å². The van der Waals surface area contributed by atoms with Crippen LogP contribution in [0.25, 0.3) is 31.7 Å². The van der Waals surface area contributed by atoms with Crippen LogP contribution in [0.4, 0.5) is 5.69 Å². The number of nitrogens with one attached hydrogen (secondary N) is 1. The molecular formula is C38H41N3O7S. The second-order valence-electron chi connectivity index (χ2n) is 11.9. The van der Waals surface area contributed by atoms with Gasteiger partial charge in [0, 0.05) is 54.8 Å². The lowest BCUT2D eigenvalue weighted by Crippen LogP contribution is -2.38. The van der Waals surface area contributed by atoms with Crippen LogP contribution in [0.5, 0.6) is 0 Å². The lowest BCUT2D eigenvalue weighted by atomic mass is 9.81. The van der Waals surface area contributed by atoms with Gasteiger partial charge in [-0.3, -0.25) is 14.2 Å². The fraction of sp³-hybridized carbons (Fsp3) is 0.342. The fourth-order valence-corrected chi connectivity index (χ4v) is 7.25. The molecule has 2 aromatic heterocycles. The van der Waals surface area contributed by atoms with Gasteiger partial charge in [-0.25, -0.2) is 4.98 Å². The van der Waals surface area contributed by atoms with Crippen LogP contribution in [0.3, 0.4) is 0 Å². The van der Waals surface area contributed by atoms with E-state index in [4.69, 9.17) is 29.0 Å². The molecule has 0 fully saturated rings. The molecule has 0 bridgehead atoms. The Morgan fingerprint density at radius 3 is 2.55 bits per heavy atom. The number of thiazole rings is 1. The highest BCUT2D eigenvalue weighted by Gasteiger charge is 2.39. The van der Waals surface area contributed by atoms with Crippen LogP contribution in [-0.4, -0.2) is 72.4 Å². The van der Waals surface area contributed by atoms with Crippen LogP contribution in [0.2, 0.25) is 0 Å². The summed E-state index contributed by atoms with van der Waals surface area (Å²) in [6, 6.07) is 21.6. The van der Waals surface area contributed by atoms with Gasteiger partial charge in [-0.15, -0.1) is 11.3 Å². The summed E-state index contributed by atoms with van der Waals surface area (Å²) < 4.78 is 26.4. The third-order valence-corrected chi connectivity index (χ3v) is 9.58. The number of carbonyl (C=O) groups excluding carboxylic acids is 2. The highest BCUT2D eigenvalue weighted by Crippen LogP contribution is 2.42. The van der Waals surface area contributed by atoms with Crippen molar-refractivity contribution in [3.63, 3.8) is 0 Å². The third-order valence-electron chi connectivity index (χ3n) is 8.52. The summed E-state index contributed by atoms with van der Waals surface area (Å²) in [5.74, 6) is -0.911. The molecule has 3 aromatic carbocycles. The Hall–Kier alpha value is -4.39. The van der Waals surface area contributed by atoms with E-state index >= 15 is 0 Å². The van der Waals surface area contributed by atoms with Crippen molar-refractivity contribution in [3.05, 3.63) is 95.9 Å². The number of ether oxygens (including phenoxy) is 4. The second-order valence-corrected chi connectivity index (χ2v) is 12.9. The predicted molar refractivity (Wildman–Crippen MR) is 191 cm³/mol. The summed E-state index contributed by atoms with van der Waals surface area (Å²) in [5.41, 5.74) is 5.43. The maximum Gasteiger partial charge on any atom is 0.290 e. The van der Waals surface area contributed by atoms with Gasteiger partial charge >= 0.3 is 0 Å². The molecule has 0 saturated heterocycles. The van der Waals surface area contributed by atoms with E-state index in [1.165, 1.54) is 12.5 Å². The number of rotatable bonds is 14. The zero-order valence-corrected chi connectivity index (χ0v) is 28.7. The van der Waals surface area contributed by atoms with Gasteiger partial charge in [0.1, 0.15) is 5.01 Å². The Bertz CT molecular complexity index is 1950. The van der Waals surface area contributed by atoms with Crippen molar-refractivity contribution in [1.82, 2.24) is 9.55 Å². The highest BCUT2D eigenvalue weighted by atomic mass is 32.1. The fourth-order valence-electron chi connectivity index (χ4n) is 6.18. The molecule has 5 aromatic rings. The summed E-state index contributed by atoms with van der Waals surface area (Å²) >= 11 is 1.64. The van der Waals surface area contributed by atoms with Crippen LogP contribution in [0.1, 0.15) is 42.1 Å². The molecule has 49 heavy (non-hydrogen) atoms. The average Bonchev–Trinajstić information content (AvgIpc) is 3.70. The number of fused-ring (bicyclic) bond motifs is 2. The molecule has 0 unspecified atom stereocenters. The van der Waals surface area contributed by atoms with E-state index in [0.717, 1.165) is 37.3 Å². The quantitative estimate of drug-likeness (QED) is 0.121. The zero-order valence-electron chi connectivity index (χ0n) is 27.9. The molecule has 0 spiro atoms. The standard InChI is InChI=1S/C38H41N3O7S/c1-4-47-38-29(15-17-45-19-20-46-18-16-42)30(31-23-41(25(3)43)33-8-6-5-7-28(31)33)22-34(48-38)36(44)39-27-12-10-26(11-13-27)37-40-32-14-9-24(2)21-35(32)49-37/h5-14,21-23,29-30,38,42H,4,15-20H2,1-3H3,(H,39,44)/t29-,30-,38+/m1/s1. The van der Waals surface area contributed by atoms with Crippen molar-refractivity contribution in [2.24, 2.45) is 5.92 Å². The number of allylic oxidation sites excluding steroid dienone is 1. The Balaban J connectivity index is 1.26. The van der Waals surface area contributed by atoms with Gasteiger partial charge < -0.3 is 29.4 Å². The van der Waals surface area contributed by atoms with Gasteiger partial charge in [-0.2, -0.15) is 0 Å². The van der Waals surface area contributed by atoms with Crippen LogP contribution in [-0.2, 0) is 23.7 Å². The van der Waals surface area contributed by atoms with Gasteiger partial charge in [0.15, 0.2) is 5.76 Å². The number of nitrogens with zero attached hydrogens (tertiary/aromatic N) is 2. The molecule has 10 nitrogen and oxygen atoms in total. The summed E-state index contributed by atoms with van der Waals surface area (Å²) in [4.78, 5) is 31.2. The first-order valence-electron chi connectivity index (χ1n) is 16.5. The summed E-state index contributed by atoms with van der Waals surface area (Å²) in [6.07, 6.45) is 3.52. The van der Waals surface area contributed by atoms with Gasteiger partial charge in [-0.1, -0.05) is 24.3 Å². The van der Waals surface area contributed by atoms with E-state index in [9.17, 15) is 9.59 Å². The number of aliphatic hydroxyl groups is 1. The number of anilines is 1. The number of aliphatic hydroxyl groups excluding tert-OH is 1. The Morgan fingerprint density at radius 1 is 1.02 bits per heavy atom. The highest BCUT2D eigenvalue weighted by molar-refractivity contribution is 7.21. The summed E-state index contributed by atoms with van der Waals surface area (Å²) in [5, 5.41) is 13.8. The molecule has 11 heteroatoms. The first-order valence-corrected chi connectivity index (χ1v) is 17.3. The number of hydrogen-bond acceptors (Lipinski definition) is 9. The number of hydrogen-bond donors (Lipinski definition) is 2. The molecule has 3 atom stereocenters. The number of aryl methyl sites for hydroxylation is 1. The minimum absolute atomic E-state index is 0.0392. The molecule has 1 amide bonds. The maximum absolute atomic E-state index is 13.8. The number of carbonyl (C=O) groups is 2. The van der Waals surface area contributed by atoms with E-state index < -0.39 is 12.2 Å². The molecular weight excluding hydrogens is 642 g/mol. The van der Waals surface area contributed by atoms with Crippen molar-refractivity contribution in [3.8, 4) is 10.6 Å². The first-order chi connectivity index (χ1) is 23.9. The molecule has 256 valence electrons. The number of para-hydroxylation sites is 1. The van der Waals surface area contributed by atoms with Crippen LogP contribution in [0.15, 0.2) is 84.8 Å². The molecule has 2 N–H and O–H groups in total. The minimum atomic E-state index is -0.737. The van der Waals surface area contributed by atoms with Crippen molar-refractivity contribution >= 4 is 50.0 Å². The van der Waals surface area contributed by atoms with Gasteiger partial charge in [0.25, 0.3) is 5.91 Å². The Labute approximate surface area is 289 Å². The monoisotopic (exact) mass is 683 g/mol. The lowest BCUT2D eigenvalue weighted by molar-refractivity contribution is -0.166.